The molecule has 0 heterocycles. The van der Waals surface area contributed by atoms with Crippen LogP contribution in [0.15, 0.2) is 18.2 Å². The summed E-state index contributed by atoms with van der Waals surface area (Å²) in [7, 11) is 0. The van der Waals surface area contributed by atoms with E-state index in [-0.39, 0.29) is 12.0 Å². The maximum atomic E-state index is 12.8. The van der Waals surface area contributed by atoms with Crippen LogP contribution in [0.4, 0.5) is 18.9 Å². The Morgan fingerprint density at radius 3 is 2.45 bits per heavy atom. The highest BCUT2D eigenvalue weighted by Crippen LogP contribution is 2.33. The number of alkyl halides is 3. The first-order chi connectivity index (χ1) is 9.19. The Labute approximate surface area is 116 Å². The molecule has 0 radical (unpaired) electrons. The van der Waals surface area contributed by atoms with E-state index in [1.807, 2.05) is 13.8 Å². The molecule has 0 aromatic heterocycles. The quantitative estimate of drug-likeness (QED) is 0.872. The summed E-state index contributed by atoms with van der Waals surface area (Å²) in [6.45, 7) is 4.27. The highest BCUT2D eigenvalue weighted by atomic mass is 19.4. The number of hydrogen-bond acceptors (Lipinski definition) is 3. The van der Waals surface area contributed by atoms with Crippen LogP contribution in [0.3, 0.4) is 0 Å². The smallest absolute Gasteiger partial charge is 0.396 e. The molecule has 0 amide bonds. The Balaban J connectivity index is 2.92. The molecule has 3 nitrogen and oxygen atoms in total. The van der Waals surface area contributed by atoms with Crippen molar-refractivity contribution >= 4 is 5.69 Å². The normalized spacial score (nSPS) is 12.1. The molecule has 6 heteroatoms. The first-order valence-electron chi connectivity index (χ1n) is 6.16. The van der Waals surface area contributed by atoms with E-state index >= 15 is 0 Å². The summed E-state index contributed by atoms with van der Waals surface area (Å²) >= 11 is 0. The van der Waals surface area contributed by atoms with Crippen LogP contribution in [0.2, 0.25) is 0 Å². The zero-order chi connectivity index (χ0) is 15.4. The third kappa shape index (κ3) is 4.42. The number of anilines is 1. The molecule has 110 valence electrons. The van der Waals surface area contributed by atoms with Gasteiger partial charge in [-0.2, -0.15) is 18.4 Å². The van der Waals surface area contributed by atoms with Crippen molar-refractivity contribution in [1.29, 1.82) is 5.26 Å². The second-order valence-corrected chi connectivity index (χ2v) is 5.36. The Kier molecular flexibility index (Phi) is 5.01. The molecule has 0 aliphatic rings. The van der Waals surface area contributed by atoms with Crippen molar-refractivity contribution in [3.63, 3.8) is 0 Å². The lowest BCUT2D eigenvalue weighted by Gasteiger charge is -2.24. The van der Waals surface area contributed by atoms with Crippen LogP contribution in [0.1, 0.15) is 31.4 Å². The molecular formula is C14H17F3N2O. The van der Waals surface area contributed by atoms with Gasteiger partial charge < -0.3 is 10.4 Å². The van der Waals surface area contributed by atoms with Gasteiger partial charge in [0.25, 0.3) is 0 Å². The Hall–Kier alpha value is -1.74. The molecule has 0 saturated heterocycles. The summed E-state index contributed by atoms with van der Waals surface area (Å²) in [4.78, 5) is 0. The molecule has 0 aliphatic heterocycles. The Morgan fingerprint density at radius 1 is 1.30 bits per heavy atom. The van der Waals surface area contributed by atoms with Crippen molar-refractivity contribution in [1.82, 2.24) is 0 Å². The number of hydrogen-bond donors (Lipinski definition) is 2. The van der Waals surface area contributed by atoms with Crippen molar-refractivity contribution in [3.8, 4) is 6.07 Å². The lowest BCUT2D eigenvalue weighted by Crippen LogP contribution is -2.24. The lowest BCUT2D eigenvalue weighted by atomic mass is 9.89. The van der Waals surface area contributed by atoms with E-state index in [2.05, 4.69) is 5.32 Å². The second kappa shape index (κ2) is 6.14. The third-order valence-electron chi connectivity index (χ3n) is 3.01. The van der Waals surface area contributed by atoms with Crippen molar-refractivity contribution in [3.05, 3.63) is 29.3 Å². The first-order valence-corrected chi connectivity index (χ1v) is 6.16. The molecule has 0 unspecified atom stereocenters. The summed E-state index contributed by atoms with van der Waals surface area (Å²) in [5.74, 6) is 0. The second-order valence-electron chi connectivity index (χ2n) is 5.36. The molecule has 0 aliphatic carbocycles. The largest absolute Gasteiger partial charge is 0.417 e. The monoisotopic (exact) mass is 286 g/mol. The van der Waals surface area contributed by atoms with Gasteiger partial charge >= 0.3 is 6.18 Å². The van der Waals surface area contributed by atoms with Gasteiger partial charge in [-0.3, -0.25) is 0 Å². The van der Waals surface area contributed by atoms with Gasteiger partial charge in [0.1, 0.15) is 0 Å². The lowest BCUT2D eigenvalue weighted by molar-refractivity contribution is -0.137. The molecule has 1 aromatic rings. The van der Waals surface area contributed by atoms with Crippen LogP contribution in [-0.4, -0.2) is 18.3 Å². The van der Waals surface area contributed by atoms with E-state index < -0.39 is 17.3 Å². The SMILES string of the molecule is CC(C)(CCO)CNc1ccc(C#N)c(C(F)(F)F)c1. The minimum atomic E-state index is -4.55. The van der Waals surface area contributed by atoms with Gasteiger partial charge in [0.2, 0.25) is 0 Å². The summed E-state index contributed by atoms with van der Waals surface area (Å²) < 4.78 is 38.4. The van der Waals surface area contributed by atoms with Crippen LogP contribution < -0.4 is 5.32 Å². The number of nitriles is 1. The van der Waals surface area contributed by atoms with Gasteiger partial charge in [-0.05, 0) is 30.0 Å². The molecule has 0 atom stereocenters. The minimum Gasteiger partial charge on any atom is -0.396 e. The molecule has 20 heavy (non-hydrogen) atoms. The summed E-state index contributed by atoms with van der Waals surface area (Å²) in [5.41, 5.74) is -1.26. The molecule has 0 saturated carbocycles. The number of aliphatic hydroxyl groups excluding tert-OH is 1. The first kappa shape index (κ1) is 16.3. The zero-order valence-electron chi connectivity index (χ0n) is 11.4. The van der Waals surface area contributed by atoms with Crippen LogP contribution in [-0.2, 0) is 6.18 Å². The number of benzene rings is 1. The van der Waals surface area contributed by atoms with Crippen molar-refractivity contribution in [2.75, 3.05) is 18.5 Å². The highest BCUT2D eigenvalue weighted by Gasteiger charge is 2.33. The van der Waals surface area contributed by atoms with Crippen molar-refractivity contribution < 1.29 is 18.3 Å². The maximum absolute atomic E-state index is 12.8. The van der Waals surface area contributed by atoms with Crippen molar-refractivity contribution in [2.45, 2.75) is 26.4 Å². The fourth-order valence-electron chi connectivity index (χ4n) is 1.72. The average molecular weight is 286 g/mol. The van der Waals surface area contributed by atoms with Gasteiger partial charge in [0.15, 0.2) is 0 Å². The van der Waals surface area contributed by atoms with Crippen molar-refractivity contribution in [2.24, 2.45) is 5.41 Å². The zero-order valence-corrected chi connectivity index (χ0v) is 11.4. The predicted molar refractivity (Wildman–Crippen MR) is 70.1 cm³/mol. The van der Waals surface area contributed by atoms with Crippen LogP contribution >= 0.6 is 0 Å². The van der Waals surface area contributed by atoms with Gasteiger partial charge in [0.05, 0.1) is 17.2 Å². The molecule has 0 spiro atoms. The number of rotatable bonds is 5. The Bertz CT molecular complexity index is 504. The van der Waals surface area contributed by atoms with E-state index in [4.69, 9.17) is 10.4 Å². The highest BCUT2D eigenvalue weighted by molar-refractivity contribution is 5.53. The summed E-state index contributed by atoms with van der Waals surface area (Å²) in [5, 5.41) is 20.5. The van der Waals surface area contributed by atoms with E-state index in [0.29, 0.717) is 18.7 Å². The number of halogens is 3. The maximum Gasteiger partial charge on any atom is 0.417 e. The number of nitrogens with zero attached hydrogens (tertiary/aromatic N) is 1. The number of nitrogens with one attached hydrogen (secondary N) is 1. The average Bonchev–Trinajstić information content (AvgIpc) is 2.35. The van der Waals surface area contributed by atoms with E-state index in [0.717, 1.165) is 12.1 Å². The fraction of sp³-hybridized carbons (Fsp3) is 0.500. The third-order valence-corrected chi connectivity index (χ3v) is 3.01. The molecule has 0 bridgehead atoms. The summed E-state index contributed by atoms with van der Waals surface area (Å²) in [6.07, 6.45) is -4.01. The summed E-state index contributed by atoms with van der Waals surface area (Å²) in [6, 6.07) is 5.08. The van der Waals surface area contributed by atoms with Crippen LogP contribution in [0.5, 0.6) is 0 Å². The topological polar surface area (TPSA) is 56.0 Å². The van der Waals surface area contributed by atoms with E-state index in [1.165, 1.54) is 6.07 Å². The fourth-order valence-corrected chi connectivity index (χ4v) is 1.72. The minimum absolute atomic E-state index is 0.0237. The molecular weight excluding hydrogens is 269 g/mol. The number of aliphatic hydroxyl groups is 1. The van der Waals surface area contributed by atoms with E-state index in [1.54, 1.807) is 6.07 Å². The standard InChI is InChI=1S/C14H17F3N2O/c1-13(2,5-6-20)9-19-11-4-3-10(8-18)12(7-11)14(15,16)17/h3-4,7,19-20H,5-6,9H2,1-2H3. The van der Waals surface area contributed by atoms with E-state index in [9.17, 15) is 13.2 Å². The Morgan fingerprint density at radius 2 is 1.95 bits per heavy atom. The molecule has 1 aromatic carbocycles. The van der Waals surface area contributed by atoms with Crippen LogP contribution in [0, 0.1) is 16.7 Å². The molecule has 0 fully saturated rings. The molecule has 1 rings (SSSR count). The van der Waals surface area contributed by atoms with Gasteiger partial charge in [-0.1, -0.05) is 13.8 Å². The molecule has 2 N–H and O–H groups in total. The van der Waals surface area contributed by atoms with Crippen LogP contribution in [0.25, 0.3) is 0 Å². The van der Waals surface area contributed by atoms with Gasteiger partial charge in [-0.15, -0.1) is 0 Å². The van der Waals surface area contributed by atoms with Gasteiger partial charge in [-0.25, -0.2) is 0 Å². The predicted octanol–water partition coefficient (Wildman–Crippen LogP) is 3.40. The van der Waals surface area contributed by atoms with Gasteiger partial charge in [0, 0.05) is 18.8 Å².